The van der Waals surface area contributed by atoms with Crippen molar-refractivity contribution in [1.29, 1.82) is 0 Å². The SMILES string of the molecule is C=CCC1CNc2ccccc2C12CC(c1cc(F)ccc1F)=NN2C(C)=O. The van der Waals surface area contributed by atoms with Gasteiger partial charge in [0.25, 0.3) is 0 Å². The molecule has 2 heterocycles. The Balaban J connectivity index is 1.90. The van der Waals surface area contributed by atoms with Crippen molar-refractivity contribution < 1.29 is 13.6 Å². The molecule has 1 N–H and O–H groups in total. The monoisotopic (exact) mass is 381 g/mol. The lowest BCUT2D eigenvalue weighted by molar-refractivity contribution is -0.137. The highest BCUT2D eigenvalue weighted by atomic mass is 19.1. The highest BCUT2D eigenvalue weighted by Gasteiger charge is 2.54. The molecule has 2 unspecified atom stereocenters. The van der Waals surface area contributed by atoms with Crippen molar-refractivity contribution in [2.45, 2.75) is 25.3 Å². The first-order valence-corrected chi connectivity index (χ1v) is 9.25. The Morgan fingerprint density at radius 2 is 2.14 bits per heavy atom. The Kier molecular flexibility index (Phi) is 4.49. The summed E-state index contributed by atoms with van der Waals surface area (Å²) in [7, 11) is 0. The molecular formula is C22H21F2N3O. The second-order valence-electron chi connectivity index (χ2n) is 7.25. The van der Waals surface area contributed by atoms with Gasteiger partial charge in [-0.1, -0.05) is 24.3 Å². The number of halogens is 2. The first-order valence-electron chi connectivity index (χ1n) is 9.25. The number of hydrogen-bond donors (Lipinski definition) is 1. The highest BCUT2D eigenvalue weighted by Crippen LogP contribution is 2.51. The van der Waals surface area contributed by atoms with E-state index in [2.05, 4.69) is 17.0 Å². The maximum atomic E-state index is 14.5. The van der Waals surface area contributed by atoms with Gasteiger partial charge >= 0.3 is 0 Å². The second-order valence-corrected chi connectivity index (χ2v) is 7.25. The van der Waals surface area contributed by atoms with Crippen LogP contribution >= 0.6 is 0 Å². The molecule has 0 aromatic heterocycles. The molecular weight excluding hydrogens is 360 g/mol. The number of carbonyl (C=O) groups excluding carboxylic acids is 1. The highest BCUT2D eigenvalue weighted by molar-refractivity contribution is 6.04. The lowest BCUT2D eigenvalue weighted by Gasteiger charge is -2.46. The standard InChI is InChI=1S/C22H21F2N3O/c1-3-6-15-13-25-20-8-5-4-7-18(20)22(15)12-21(26-27(22)14(2)28)17-11-16(23)9-10-19(17)24/h3-5,7-11,15,25H,1,6,12-13H2,2H3. The number of amides is 1. The number of para-hydroxylation sites is 1. The molecule has 2 aromatic rings. The van der Waals surface area contributed by atoms with Crippen molar-refractivity contribution in [3.8, 4) is 0 Å². The molecule has 2 atom stereocenters. The minimum absolute atomic E-state index is 0.0123. The van der Waals surface area contributed by atoms with Crippen LogP contribution in [0.4, 0.5) is 14.5 Å². The molecule has 2 aliphatic heterocycles. The van der Waals surface area contributed by atoms with E-state index in [1.807, 2.05) is 30.3 Å². The van der Waals surface area contributed by atoms with Crippen LogP contribution in [0.15, 0.2) is 60.2 Å². The van der Waals surface area contributed by atoms with E-state index in [0.717, 1.165) is 29.4 Å². The molecule has 144 valence electrons. The normalized spacial score (nSPS) is 23.2. The molecule has 1 spiro atoms. The van der Waals surface area contributed by atoms with Crippen molar-refractivity contribution in [2.75, 3.05) is 11.9 Å². The van der Waals surface area contributed by atoms with Gasteiger partial charge in [-0.25, -0.2) is 13.8 Å². The van der Waals surface area contributed by atoms with Gasteiger partial charge in [0, 0.05) is 42.6 Å². The molecule has 6 heteroatoms. The van der Waals surface area contributed by atoms with Crippen molar-refractivity contribution in [3.05, 3.63) is 77.9 Å². The summed E-state index contributed by atoms with van der Waals surface area (Å²) in [6.45, 7) is 5.94. The quantitative estimate of drug-likeness (QED) is 0.799. The van der Waals surface area contributed by atoms with E-state index in [1.165, 1.54) is 11.9 Å². The smallest absolute Gasteiger partial charge is 0.240 e. The minimum Gasteiger partial charge on any atom is -0.384 e. The van der Waals surface area contributed by atoms with Gasteiger partial charge in [0.1, 0.15) is 17.2 Å². The number of hydrazone groups is 1. The van der Waals surface area contributed by atoms with Gasteiger partial charge in [-0.2, -0.15) is 5.10 Å². The van der Waals surface area contributed by atoms with Gasteiger partial charge in [0.05, 0.1) is 5.71 Å². The number of allylic oxidation sites excluding steroid dienone is 1. The van der Waals surface area contributed by atoms with E-state index in [1.54, 1.807) is 0 Å². The fourth-order valence-electron chi connectivity index (χ4n) is 4.44. The summed E-state index contributed by atoms with van der Waals surface area (Å²) in [5.74, 6) is -1.34. The van der Waals surface area contributed by atoms with Crippen LogP contribution in [0.25, 0.3) is 0 Å². The first kappa shape index (κ1) is 18.3. The summed E-state index contributed by atoms with van der Waals surface area (Å²) in [6.07, 6.45) is 2.78. The summed E-state index contributed by atoms with van der Waals surface area (Å²) >= 11 is 0. The average Bonchev–Trinajstić information content (AvgIpc) is 3.08. The van der Waals surface area contributed by atoms with Crippen LogP contribution in [-0.4, -0.2) is 23.2 Å². The molecule has 2 aromatic carbocycles. The molecule has 0 aliphatic carbocycles. The lowest BCUT2D eigenvalue weighted by Crippen LogP contribution is -2.53. The molecule has 1 amide bonds. The van der Waals surface area contributed by atoms with E-state index in [9.17, 15) is 13.6 Å². The van der Waals surface area contributed by atoms with Crippen molar-refractivity contribution in [3.63, 3.8) is 0 Å². The molecule has 0 saturated carbocycles. The van der Waals surface area contributed by atoms with Crippen molar-refractivity contribution in [2.24, 2.45) is 11.0 Å². The third kappa shape index (κ3) is 2.71. The Morgan fingerprint density at radius 1 is 1.36 bits per heavy atom. The summed E-state index contributed by atoms with van der Waals surface area (Å²) in [5.41, 5.74) is 1.55. The molecule has 4 nitrogen and oxygen atoms in total. The topological polar surface area (TPSA) is 44.7 Å². The van der Waals surface area contributed by atoms with Crippen LogP contribution in [-0.2, 0) is 10.3 Å². The number of rotatable bonds is 3. The third-order valence-electron chi connectivity index (χ3n) is 5.63. The van der Waals surface area contributed by atoms with E-state index >= 15 is 0 Å². The Labute approximate surface area is 162 Å². The van der Waals surface area contributed by atoms with Crippen molar-refractivity contribution >= 4 is 17.3 Å². The number of benzene rings is 2. The molecule has 0 radical (unpaired) electrons. The number of fused-ring (bicyclic) bond motifs is 2. The molecule has 2 aliphatic rings. The first-order chi connectivity index (χ1) is 13.5. The van der Waals surface area contributed by atoms with Gasteiger partial charge in [-0.15, -0.1) is 6.58 Å². The average molecular weight is 381 g/mol. The summed E-state index contributed by atoms with van der Waals surface area (Å²) in [5, 5.41) is 9.37. The van der Waals surface area contributed by atoms with Gasteiger partial charge in [0.2, 0.25) is 5.91 Å². The third-order valence-corrected chi connectivity index (χ3v) is 5.63. The maximum absolute atomic E-state index is 14.5. The predicted octanol–water partition coefficient (Wildman–Crippen LogP) is 4.43. The van der Waals surface area contributed by atoms with E-state index in [0.29, 0.717) is 25.1 Å². The summed E-state index contributed by atoms with van der Waals surface area (Å²) < 4.78 is 28.3. The van der Waals surface area contributed by atoms with Crippen LogP contribution in [0.1, 0.15) is 30.9 Å². The van der Waals surface area contributed by atoms with Crippen LogP contribution in [0.2, 0.25) is 0 Å². The number of nitrogens with one attached hydrogen (secondary N) is 1. The number of hydrogen-bond acceptors (Lipinski definition) is 3. The van der Waals surface area contributed by atoms with Crippen LogP contribution in [0.3, 0.4) is 0 Å². The molecule has 0 fully saturated rings. The fourth-order valence-corrected chi connectivity index (χ4v) is 4.44. The Bertz CT molecular complexity index is 987. The fraction of sp³-hybridized carbons (Fsp3) is 0.273. The van der Waals surface area contributed by atoms with Gasteiger partial charge < -0.3 is 5.32 Å². The second kappa shape index (κ2) is 6.86. The lowest BCUT2D eigenvalue weighted by atomic mass is 9.70. The summed E-state index contributed by atoms with van der Waals surface area (Å²) in [4.78, 5) is 12.6. The number of carbonyl (C=O) groups is 1. The predicted molar refractivity (Wildman–Crippen MR) is 105 cm³/mol. The molecule has 4 rings (SSSR count). The molecule has 28 heavy (non-hydrogen) atoms. The maximum Gasteiger partial charge on any atom is 0.240 e. The van der Waals surface area contributed by atoms with E-state index in [-0.39, 0.29) is 17.4 Å². The van der Waals surface area contributed by atoms with E-state index < -0.39 is 17.2 Å². The number of nitrogens with zero attached hydrogens (tertiary/aromatic N) is 2. The zero-order valence-corrected chi connectivity index (χ0v) is 15.6. The minimum atomic E-state index is -0.768. The number of anilines is 1. The van der Waals surface area contributed by atoms with Crippen molar-refractivity contribution in [1.82, 2.24) is 5.01 Å². The Hall–Kier alpha value is -3.02. The molecule has 0 bridgehead atoms. The zero-order chi connectivity index (χ0) is 19.9. The van der Waals surface area contributed by atoms with Crippen LogP contribution in [0.5, 0.6) is 0 Å². The van der Waals surface area contributed by atoms with E-state index in [4.69, 9.17) is 0 Å². The van der Waals surface area contributed by atoms with Gasteiger partial charge in [-0.3, -0.25) is 4.79 Å². The Morgan fingerprint density at radius 3 is 2.89 bits per heavy atom. The largest absolute Gasteiger partial charge is 0.384 e. The van der Waals surface area contributed by atoms with Gasteiger partial charge in [0.15, 0.2) is 0 Å². The summed E-state index contributed by atoms with van der Waals surface area (Å²) in [6, 6.07) is 11.1. The van der Waals surface area contributed by atoms with Crippen LogP contribution < -0.4 is 5.32 Å². The van der Waals surface area contributed by atoms with Crippen LogP contribution in [0, 0.1) is 17.6 Å². The molecule has 0 saturated heterocycles. The van der Waals surface area contributed by atoms with Gasteiger partial charge in [-0.05, 0) is 30.7 Å². The zero-order valence-electron chi connectivity index (χ0n) is 15.6.